The van der Waals surface area contributed by atoms with Crippen LogP contribution in [0.25, 0.3) is 16.6 Å². The Kier molecular flexibility index (Phi) is 4.32. The topological polar surface area (TPSA) is 68.8 Å². The lowest BCUT2D eigenvalue weighted by Gasteiger charge is -2.10. The van der Waals surface area contributed by atoms with E-state index in [1.54, 1.807) is 6.20 Å². The number of fused-ring (bicyclic) bond motifs is 2. The lowest BCUT2D eigenvalue weighted by molar-refractivity contribution is 0.0931. The number of carbonyl (C=O) groups is 1. The van der Waals surface area contributed by atoms with Crippen LogP contribution < -0.4 is 10.1 Å². The Bertz CT molecular complexity index is 1130. The Balaban J connectivity index is 1.58. The summed E-state index contributed by atoms with van der Waals surface area (Å²) in [6.45, 7) is 6.36. The number of carbonyl (C=O) groups excluding carboxylic acids is 1. The van der Waals surface area contributed by atoms with Crippen molar-refractivity contribution in [3.8, 4) is 5.75 Å². The number of hydrogen-bond donors (Lipinski definition) is 1. The third-order valence-electron chi connectivity index (χ3n) is 4.53. The Morgan fingerprint density at radius 2 is 2.11 bits per heavy atom. The predicted molar refractivity (Wildman–Crippen MR) is 103 cm³/mol. The number of benzene rings is 1. The van der Waals surface area contributed by atoms with E-state index >= 15 is 0 Å². The molecule has 1 unspecified atom stereocenters. The number of furan rings is 1. The van der Waals surface area contributed by atoms with E-state index in [4.69, 9.17) is 9.15 Å². The highest BCUT2D eigenvalue weighted by Crippen LogP contribution is 2.31. The van der Waals surface area contributed by atoms with E-state index in [9.17, 15) is 4.79 Å². The van der Waals surface area contributed by atoms with Gasteiger partial charge in [0.25, 0.3) is 5.91 Å². The minimum Gasteiger partial charge on any atom is -0.490 e. The summed E-state index contributed by atoms with van der Waals surface area (Å²) in [7, 11) is 0. The Labute approximate surface area is 156 Å². The highest BCUT2D eigenvalue weighted by atomic mass is 16.5. The molecule has 1 aromatic carbocycles. The third kappa shape index (κ3) is 3.14. The summed E-state index contributed by atoms with van der Waals surface area (Å²) in [5, 5.41) is 3.90. The summed E-state index contributed by atoms with van der Waals surface area (Å²) in [4.78, 5) is 17.0. The zero-order valence-corrected chi connectivity index (χ0v) is 15.5. The molecule has 6 heteroatoms. The number of nitrogens with one attached hydrogen (secondary N) is 1. The van der Waals surface area contributed by atoms with Crippen LogP contribution in [-0.2, 0) is 0 Å². The fraction of sp³-hybridized carbons (Fsp3) is 0.238. The molecule has 0 saturated heterocycles. The van der Waals surface area contributed by atoms with E-state index in [1.807, 2.05) is 67.6 Å². The Morgan fingerprint density at radius 3 is 2.89 bits per heavy atom. The standard InChI is InChI=1S/C21H21N3O3/c1-4-26-17-9-6-8-15-11-18(27-20(15)17)14(3)22-21(25)16-12-24-13(2)7-5-10-19(24)23-16/h5-12,14H,4H2,1-3H3,(H,22,25). The number of hydrogen-bond acceptors (Lipinski definition) is 4. The normalized spacial score (nSPS) is 12.4. The average molecular weight is 363 g/mol. The molecule has 0 fully saturated rings. The summed E-state index contributed by atoms with van der Waals surface area (Å²) in [5.74, 6) is 1.14. The fourth-order valence-electron chi connectivity index (χ4n) is 3.14. The van der Waals surface area contributed by atoms with Gasteiger partial charge in [-0.25, -0.2) is 4.98 Å². The Hall–Kier alpha value is -3.28. The first-order chi connectivity index (χ1) is 13.1. The van der Waals surface area contributed by atoms with Gasteiger partial charge in [-0.05, 0) is 45.0 Å². The van der Waals surface area contributed by atoms with Crippen molar-refractivity contribution in [2.45, 2.75) is 26.8 Å². The zero-order chi connectivity index (χ0) is 19.0. The van der Waals surface area contributed by atoms with Gasteiger partial charge >= 0.3 is 0 Å². The summed E-state index contributed by atoms with van der Waals surface area (Å²) < 4.78 is 13.5. The molecule has 0 saturated carbocycles. The maximum Gasteiger partial charge on any atom is 0.272 e. The van der Waals surface area contributed by atoms with Crippen molar-refractivity contribution in [1.29, 1.82) is 0 Å². The number of aryl methyl sites for hydroxylation is 1. The van der Waals surface area contributed by atoms with Gasteiger partial charge in [-0.2, -0.15) is 0 Å². The maximum absolute atomic E-state index is 12.6. The number of pyridine rings is 1. The van der Waals surface area contributed by atoms with Crippen molar-refractivity contribution in [2.75, 3.05) is 6.61 Å². The molecule has 0 bridgehead atoms. The van der Waals surface area contributed by atoms with Gasteiger partial charge in [-0.3, -0.25) is 4.79 Å². The van der Waals surface area contributed by atoms with E-state index < -0.39 is 0 Å². The van der Waals surface area contributed by atoms with E-state index in [1.165, 1.54) is 0 Å². The van der Waals surface area contributed by atoms with Gasteiger partial charge in [0.1, 0.15) is 17.1 Å². The first-order valence-electron chi connectivity index (χ1n) is 8.97. The zero-order valence-electron chi connectivity index (χ0n) is 15.5. The van der Waals surface area contributed by atoms with E-state index in [0.29, 0.717) is 29.4 Å². The van der Waals surface area contributed by atoms with Crippen molar-refractivity contribution in [1.82, 2.24) is 14.7 Å². The molecule has 0 spiro atoms. The molecule has 1 N–H and O–H groups in total. The molecule has 4 aromatic rings. The van der Waals surface area contributed by atoms with Gasteiger partial charge in [0.2, 0.25) is 0 Å². The predicted octanol–water partition coefficient (Wildman–Crippen LogP) is 4.28. The third-order valence-corrected chi connectivity index (χ3v) is 4.53. The van der Waals surface area contributed by atoms with Crippen LogP contribution in [-0.4, -0.2) is 21.9 Å². The largest absolute Gasteiger partial charge is 0.490 e. The van der Waals surface area contributed by atoms with Gasteiger partial charge in [0.05, 0.1) is 12.6 Å². The van der Waals surface area contributed by atoms with Crippen LogP contribution in [0.1, 0.15) is 41.8 Å². The number of aromatic nitrogens is 2. The number of rotatable bonds is 5. The van der Waals surface area contributed by atoms with Crippen molar-refractivity contribution >= 4 is 22.5 Å². The van der Waals surface area contributed by atoms with Crippen LogP contribution >= 0.6 is 0 Å². The van der Waals surface area contributed by atoms with Gasteiger partial charge in [-0.15, -0.1) is 0 Å². The van der Waals surface area contributed by atoms with Crippen LogP contribution in [0, 0.1) is 6.92 Å². The summed E-state index contributed by atoms with van der Waals surface area (Å²) in [6.07, 6.45) is 1.75. The Morgan fingerprint density at radius 1 is 1.30 bits per heavy atom. The minimum absolute atomic E-state index is 0.240. The quantitative estimate of drug-likeness (QED) is 0.575. The molecule has 138 valence electrons. The molecule has 4 rings (SSSR count). The van der Waals surface area contributed by atoms with Gasteiger partial charge in [0.15, 0.2) is 11.3 Å². The molecular weight excluding hydrogens is 342 g/mol. The highest BCUT2D eigenvalue weighted by Gasteiger charge is 2.19. The van der Waals surface area contributed by atoms with E-state index in [0.717, 1.165) is 16.7 Å². The first-order valence-corrected chi connectivity index (χ1v) is 8.97. The van der Waals surface area contributed by atoms with Gasteiger partial charge < -0.3 is 18.9 Å². The molecule has 3 aromatic heterocycles. The van der Waals surface area contributed by atoms with E-state index in [2.05, 4.69) is 10.3 Å². The molecular formula is C21H21N3O3. The SMILES string of the molecule is CCOc1cccc2cc(C(C)NC(=O)c3cn4c(C)cccc4n3)oc12. The van der Waals surface area contributed by atoms with Crippen molar-refractivity contribution in [3.63, 3.8) is 0 Å². The lowest BCUT2D eigenvalue weighted by Crippen LogP contribution is -2.26. The number of ether oxygens (including phenoxy) is 1. The van der Waals surface area contributed by atoms with Crippen LogP contribution in [0.4, 0.5) is 0 Å². The molecule has 1 atom stereocenters. The number of imidazole rings is 1. The van der Waals surface area contributed by atoms with E-state index in [-0.39, 0.29) is 11.9 Å². The van der Waals surface area contributed by atoms with Crippen molar-refractivity contribution < 1.29 is 13.9 Å². The highest BCUT2D eigenvalue weighted by molar-refractivity contribution is 5.93. The van der Waals surface area contributed by atoms with Gasteiger partial charge in [-0.1, -0.05) is 18.2 Å². The molecule has 0 aliphatic carbocycles. The fourth-order valence-corrected chi connectivity index (χ4v) is 3.14. The second-order valence-electron chi connectivity index (χ2n) is 6.47. The second-order valence-corrected chi connectivity index (χ2v) is 6.47. The molecule has 0 aliphatic rings. The monoisotopic (exact) mass is 363 g/mol. The summed E-state index contributed by atoms with van der Waals surface area (Å²) >= 11 is 0. The van der Waals surface area contributed by atoms with Crippen LogP contribution in [0.3, 0.4) is 0 Å². The first kappa shape index (κ1) is 17.1. The summed E-state index contributed by atoms with van der Waals surface area (Å²) in [6, 6.07) is 13.2. The molecule has 1 amide bonds. The molecule has 0 radical (unpaired) electrons. The van der Waals surface area contributed by atoms with Crippen molar-refractivity contribution in [3.05, 3.63) is 65.8 Å². The number of nitrogens with zero attached hydrogens (tertiary/aromatic N) is 2. The lowest BCUT2D eigenvalue weighted by atomic mass is 10.2. The van der Waals surface area contributed by atoms with Gasteiger partial charge in [0, 0.05) is 17.3 Å². The van der Waals surface area contributed by atoms with Crippen LogP contribution in [0.15, 0.2) is 53.1 Å². The molecule has 3 heterocycles. The average Bonchev–Trinajstić information content (AvgIpc) is 3.27. The maximum atomic E-state index is 12.6. The van der Waals surface area contributed by atoms with Crippen molar-refractivity contribution in [2.24, 2.45) is 0 Å². The molecule has 27 heavy (non-hydrogen) atoms. The number of amides is 1. The van der Waals surface area contributed by atoms with Crippen LogP contribution in [0.2, 0.25) is 0 Å². The summed E-state index contributed by atoms with van der Waals surface area (Å²) in [5.41, 5.74) is 2.84. The second kappa shape index (κ2) is 6.79. The van der Waals surface area contributed by atoms with Crippen LogP contribution in [0.5, 0.6) is 5.75 Å². The molecule has 0 aliphatic heterocycles. The smallest absolute Gasteiger partial charge is 0.272 e. The minimum atomic E-state index is -0.301. The number of para-hydroxylation sites is 1. The molecule has 6 nitrogen and oxygen atoms in total.